The van der Waals surface area contributed by atoms with Gasteiger partial charge in [0.15, 0.2) is 0 Å². The van der Waals surface area contributed by atoms with E-state index in [1.54, 1.807) is 16.8 Å². The Morgan fingerprint density at radius 2 is 1.96 bits per heavy atom. The Labute approximate surface area is 137 Å². The van der Waals surface area contributed by atoms with Gasteiger partial charge in [-0.1, -0.05) is 48.0 Å². The summed E-state index contributed by atoms with van der Waals surface area (Å²) in [4.78, 5) is 4.24. The lowest BCUT2D eigenvalue weighted by molar-refractivity contribution is 0.416. The summed E-state index contributed by atoms with van der Waals surface area (Å²) in [5.74, 6) is 0.298. The third-order valence-electron chi connectivity index (χ3n) is 4.17. The van der Waals surface area contributed by atoms with Gasteiger partial charge in [-0.2, -0.15) is 10.1 Å². The minimum atomic E-state index is -0.322. The SMILES string of the molecule is Fc1cccc(Cl)c1[C@H]1C[C@@H](c2ccccc2)Nc2ncnn21. The van der Waals surface area contributed by atoms with Crippen LogP contribution >= 0.6 is 11.6 Å². The second kappa shape index (κ2) is 5.66. The summed E-state index contributed by atoms with van der Waals surface area (Å²) in [7, 11) is 0. The monoisotopic (exact) mass is 328 g/mol. The van der Waals surface area contributed by atoms with Crippen molar-refractivity contribution < 1.29 is 4.39 Å². The highest BCUT2D eigenvalue weighted by Crippen LogP contribution is 2.40. The third kappa shape index (κ3) is 2.47. The smallest absolute Gasteiger partial charge is 0.222 e. The zero-order valence-electron chi connectivity index (χ0n) is 12.2. The van der Waals surface area contributed by atoms with E-state index in [0.717, 1.165) is 5.56 Å². The lowest BCUT2D eigenvalue weighted by atomic mass is 9.93. The van der Waals surface area contributed by atoms with E-state index in [0.29, 0.717) is 23.0 Å². The fraction of sp³-hybridized carbons (Fsp3) is 0.176. The van der Waals surface area contributed by atoms with Gasteiger partial charge in [0, 0.05) is 10.6 Å². The van der Waals surface area contributed by atoms with Gasteiger partial charge in [-0.3, -0.25) is 0 Å². The minimum absolute atomic E-state index is 0.0218. The Kier molecular flexibility index (Phi) is 3.50. The van der Waals surface area contributed by atoms with Crippen LogP contribution in [0.15, 0.2) is 54.9 Å². The molecule has 2 atom stereocenters. The van der Waals surface area contributed by atoms with E-state index < -0.39 is 0 Å². The number of hydrogen-bond acceptors (Lipinski definition) is 3. The van der Waals surface area contributed by atoms with Crippen molar-refractivity contribution in [2.24, 2.45) is 0 Å². The Bertz CT molecular complexity index is 813. The molecule has 0 saturated heterocycles. The van der Waals surface area contributed by atoms with Gasteiger partial charge in [-0.25, -0.2) is 9.07 Å². The van der Waals surface area contributed by atoms with Gasteiger partial charge in [0.1, 0.15) is 12.1 Å². The number of benzene rings is 2. The first-order chi connectivity index (χ1) is 11.2. The zero-order valence-corrected chi connectivity index (χ0v) is 12.9. The Hall–Kier alpha value is -2.40. The van der Waals surface area contributed by atoms with Crippen LogP contribution in [0, 0.1) is 5.82 Å². The number of anilines is 1. The molecule has 4 rings (SSSR count). The molecule has 23 heavy (non-hydrogen) atoms. The van der Waals surface area contributed by atoms with Crippen molar-refractivity contribution >= 4 is 17.5 Å². The lowest BCUT2D eigenvalue weighted by Gasteiger charge is -2.32. The molecule has 0 radical (unpaired) electrons. The molecule has 116 valence electrons. The van der Waals surface area contributed by atoms with Gasteiger partial charge < -0.3 is 5.32 Å². The number of nitrogens with zero attached hydrogens (tertiary/aromatic N) is 3. The molecule has 2 aromatic carbocycles. The topological polar surface area (TPSA) is 42.7 Å². The predicted octanol–water partition coefficient (Wildman–Crippen LogP) is 4.22. The van der Waals surface area contributed by atoms with Crippen molar-refractivity contribution in [2.45, 2.75) is 18.5 Å². The highest BCUT2D eigenvalue weighted by Gasteiger charge is 2.32. The summed E-state index contributed by atoms with van der Waals surface area (Å²) in [6, 6.07) is 14.5. The van der Waals surface area contributed by atoms with E-state index in [-0.39, 0.29) is 17.9 Å². The largest absolute Gasteiger partial charge is 0.348 e. The van der Waals surface area contributed by atoms with Crippen LogP contribution in [0.2, 0.25) is 5.02 Å². The highest BCUT2D eigenvalue weighted by molar-refractivity contribution is 6.31. The zero-order chi connectivity index (χ0) is 15.8. The number of aromatic nitrogens is 3. The van der Waals surface area contributed by atoms with Crippen LogP contribution in [0.3, 0.4) is 0 Å². The van der Waals surface area contributed by atoms with Gasteiger partial charge >= 0.3 is 0 Å². The molecule has 6 heteroatoms. The average molecular weight is 329 g/mol. The van der Waals surface area contributed by atoms with E-state index in [4.69, 9.17) is 11.6 Å². The van der Waals surface area contributed by atoms with Crippen molar-refractivity contribution in [1.29, 1.82) is 0 Å². The number of rotatable bonds is 2. The Morgan fingerprint density at radius 1 is 1.13 bits per heavy atom. The maximum Gasteiger partial charge on any atom is 0.222 e. The molecule has 0 spiro atoms. The van der Waals surface area contributed by atoms with Crippen molar-refractivity contribution in [1.82, 2.24) is 14.8 Å². The average Bonchev–Trinajstić information content (AvgIpc) is 3.04. The first-order valence-corrected chi connectivity index (χ1v) is 7.76. The molecule has 3 aromatic rings. The quantitative estimate of drug-likeness (QED) is 0.766. The van der Waals surface area contributed by atoms with Crippen molar-refractivity contribution in [3.8, 4) is 0 Å². The van der Waals surface area contributed by atoms with Crippen LogP contribution < -0.4 is 5.32 Å². The van der Waals surface area contributed by atoms with Gasteiger partial charge in [-0.05, 0) is 24.1 Å². The minimum Gasteiger partial charge on any atom is -0.348 e. The molecule has 0 amide bonds. The van der Waals surface area contributed by atoms with E-state index in [1.165, 1.54) is 12.4 Å². The molecule has 0 bridgehead atoms. The normalized spacial score (nSPS) is 19.9. The Balaban J connectivity index is 1.80. The molecule has 0 fully saturated rings. The maximum atomic E-state index is 14.4. The molecule has 1 N–H and O–H groups in total. The lowest BCUT2D eigenvalue weighted by Crippen LogP contribution is -2.28. The summed E-state index contributed by atoms with van der Waals surface area (Å²) in [6.07, 6.45) is 2.11. The van der Waals surface area contributed by atoms with Crippen LogP contribution in [-0.4, -0.2) is 14.8 Å². The standard InChI is InChI=1S/C17H14ClFN4/c18-12-7-4-8-13(19)16(12)15-9-14(11-5-2-1-3-6-11)22-17-20-10-21-23(15)17/h1-8,10,14-15H,9H2,(H,20,21,22)/t14-,15+/m0/s1. The molecular weight excluding hydrogens is 315 g/mol. The molecule has 1 aliphatic heterocycles. The summed E-state index contributed by atoms with van der Waals surface area (Å²) in [5, 5.41) is 8.01. The molecule has 0 unspecified atom stereocenters. The van der Waals surface area contributed by atoms with Crippen LogP contribution in [0.1, 0.15) is 29.6 Å². The molecule has 1 aliphatic rings. The third-order valence-corrected chi connectivity index (χ3v) is 4.50. The molecule has 1 aromatic heterocycles. The summed E-state index contributed by atoms with van der Waals surface area (Å²) in [5.41, 5.74) is 1.59. The number of hydrogen-bond donors (Lipinski definition) is 1. The fourth-order valence-electron chi connectivity index (χ4n) is 3.09. The second-order valence-corrected chi connectivity index (χ2v) is 5.93. The summed E-state index contributed by atoms with van der Waals surface area (Å²) >= 11 is 6.27. The molecule has 0 saturated carbocycles. The van der Waals surface area contributed by atoms with Crippen molar-refractivity contribution in [3.63, 3.8) is 0 Å². The van der Waals surface area contributed by atoms with Gasteiger partial charge in [0.25, 0.3) is 0 Å². The molecular formula is C17H14ClFN4. The Morgan fingerprint density at radius 3 is 2.74 bits per heavy atom. The van der Waals surface area contributed by atoms with Gasteiger partial charge in [-0.15, -0.1) is 0 Å². The van der Waals surface area contributed by atoms with E-state index in [9.17, 15) is 4.39 Å². The predicted molar refractivity (Wildman–Crippen MR) is 87.0 cm³/mol. The van der Waals surface area contributed by atoms with Crippen LogP contribution in [0.5, 0.6) is 0 Å². The van der Waals surface area contributed by atoms with Crippen molar-refractivity contribution in [3.05, 3.63) is 76.8 Å². The first kappa shape index (κ1) is 14.2. The van der Waals surface area contributed by atoms with E-state index in [2.05, 4.69) is 15.4 Å². The maximum absolute atomic E-state index is 14.4. The summed E-state index contributed by atoms with van der Waals surface area (Å²) in [6.45, 7) is 0. The van der Waals surface area contributed by atoms with Crippen LogP contribution in [0.4, 0.5) is 10.3 Å². The van der Waals surface area contributed by atoms with E-state index >= 15 is 0 Å². The second-order valence-electron chi connectivity index (χ2n) is 5.52. The van der Waals surface area contributed by atoms with Crippen LogP contribution in [0.25, 0.3) is 0 Å². The number of nitrogens with one attached hydrogen (secondary N) is 1. The summed E-state index contributed by atoms with van der Waals surface area (Å²) < 4.78 is 16.1. The van der Waals surface area contributed by atoms with Crippen molar-refractivity contribution in [2.75, 3.05) is 5.32 Å². The van der Waals surface area contributed by atoms with Gasteiger partial charge in [0.05, 0.1) is 12.1 Å². The van der Waals surface area contributed by atoms with Crippen LogP contribution in [-0.2, 0) is 0 Å². The number of halogens is 2. The molecule has 4 nitrogen and oxygen atoms in total. The fourth-order valence-corrected chi connectivity index (χ4v) is 3.38. The molecule has 2 heterocycles. The molecule has 0 aliphatic carbocycles. The first-order valence-electron chi connectivity index (χ1n) is 7.39. The van der Waals surface area contributed by atoms with E-state index in [1.807, 2.05) is 30.3 Å². The number of fused-ring (bicyclic) bond motifs is 1. The highest BCUT2D eigenvalue weighted by atomic mass is 35.5. The van der Waals surface area contributed by atoms with Gasteiger partial charge in [0.2, 0.25) is 5.95 Å².